The number of benzene rings is 2. The van der Waals surface area contributed by atoms with Crippen molar-refractivity contribution in [2.24, 2.45) is 0 Å². The molecular formula is C15H13BrFNO3. The first-order valence-corrected chi connectivity index (χ1v) is 7.15. The lowest BCUT2D eigenvalue weighted by molar-refractivity contribution is -0.385. The van der Waals surface area contributed by atoms with Gasteiger partial charge in [-0.1, -0.05) is 40.2 Å². The minimum Gasteiger partial charge on any atom is -0.496 e. The second-order valence-electron chi connectivity index (χ2n) is 4.41. The van der Waals surface area contributed by atoms with E-state index >= 15 is 0 Å². The van der Waals surface area contributed by atoms with Crippen molar-refractivity contribution >= 4 is 21.6 Å². The van der Waals surface area contributed by atoms with Crippen LogP contribution in [0.25, 0.3) is 0 Å². The Labute approximate surface area is 129 Å². The summed E-state index contributed by atoms with van der Waals surface area (Å²) in [5.41, 5.74) is 0.921. The molecule has 1 unspecified atom stereocenters. The quantitative estimate of drug-likeness (QED) is 0.454. The molecule has 1 atom stereocenters. The summed E-state index contributed by atoms with van der Waals surface area (Å²) in [7, 11) is 1.46. The van der Waals surface area contributed by atoms with Crippen molar-refractivity contribution in [3.05, 3.63) is 69.5 Å². The Bertz CT molecular complexity index is 663. The molecule has 0 aliphatic heterocycles. The Morgan fingerprint density at radius 2 is 2.00 bits per heavy atom. The van der Waals surface area contributed by atoms with Crippen LogP contribution in [0.2, 0.25) is 0 Å². The zero-order valence-electron chi connectivity index (χ0n) is 11.3. The molecule has 0 fully saturated rings. The van der Waals surface area contributed by atoms with E-state index in [4.69, 9.17) is 4.74 Å². The molecule has 0 aliphatic carbocycles. The van der Waals surface area contributed by atoms with Gasteiger partial charge in [0.1, 0.15) is 11.6 Å². The molecule has 110 valence electrons. The number of nitrogens with zero attached hydrogens (tertiary/aromatic N) is 1. The highest BCUT2D eigenvalue weighted by Crippen LogP contribution is 2.37. The molecule has 0 aliphatic rings. The van der Waals surface area contributed by atoms with Crippen LogP contribution in [0.1, 0.15) is 16.0 Å². The molecule has 0 aromatic heterocycles. The fraction of sp³-hybridized carbons (Fsp3) is 0.200. The SMILES string of the molecule is COc1cccc(F)c1C(Br)Cc1ccccc1[N+](=O)[O-]. The Kier molecular flexibility index (Phi) is 4.90. The number of hydrogen-bond acceptors (Lipinski definition) is 3. The van der Waals surface area contributed by atoms with E-state index in [1.54, 1.807) is 30.3 Å². The highest BCUT2D eigenvalue weighted by atomic mass is 79.9. The molecule has 0 bridgehead atoms. The van der Waals surface area contributed by atoms with E-state index in [-0.39, 0.29) is 12.1 Å². The van der Waals surface area contributed by atoms with Gasteiger partial charge < -0.3 is 4.74 Å². The summed E-state index contributed by atoms with van der Waals surface area (Å²) < 4.78 is 19.2. The number of ether oxygens (including phenoxy) is 1. The molecule has 0 spiro atoms. The number of hydrogen-bond donors (Lipinski definition) is 0. The van der Waals surface area contributed by atoms with E-state index in [0.29, 0.717) is 16.9 Å². The topological polar surface area (TPSA) is 52.4 Å². The fourth-order valence-corrected chi connectivity index (χ4v) is 2.95. The number of nitro benzene ring substituents is 1. The number of methoxy groups -OCH3 is 1. The summed E-state index contributed by atoms with van der Waals surface area (Å²) in [6.07, 6.45) is 0.286. The third-order valence-electron chi connectivity index (χ3n) is 3.13. The monoisotopic (exact) mass is 353 g/mol. The van der Waals surface area contributed by atoms with Crippen molar-refractivity contribution in [1.82, 2.24) is 0 Å². The average Bonchev–Trinajstić information content (AvgIpc) is 2.47. The van der Waals surface area contributed by atoms with E-state index < -0.39 is 15.6 Å². The molecule has 2 aromatic carbocycles. The lowest BCUT2D eigenvalue weighted by Crippen LogP contribution is -2.04. The molecule has 4 nitrogen and oxygen atoms in total. The van der Waals surface area contributed by atoms with Crippen LogP contribution in [-0.4, -0.2) is 12.0 Å². The maximum absolute atomic E-state index is 14.0. The molecule has 2 aromatic rings. The molecular weight excluding hydrogens is 341 g/mol. The smallest absolute Gasteiger partial charge is 0.272 e. The van der Waals surface area contributed by atoms with Gasteiger partial charge in [0.05, 0.1) is 16.9 Å². The van der Waals surface area contributed by atoms with Crippen LogP contribution in [0.5, 0.6) is 5.75 Å². The number of alkyl halides is 1. The number of rotatable bonds is 5. The number of para-hydroxylation sites is 1. The Hall–Kier alpha value is -1.95. The lowest BCUT2D eigenvalue weighted by atomic mass is 10.0. The number of nitro groups is 1. The maximum atomic E-state index is 14.0. The second kappa shape index (κ2) is 6.67. The first-order chi connectivity index (χ1) is 10.0. The minimum atomic E-state index is -0.437. The molecule has 0 radical (unpaired) electrons. The van der Waals surface area contributed by atoms with Crippen molar-refractivity contribution in [2.75, 3.05) is 7.11 Å². The third-order valence-corrected chi connectivity index (χ3v) is 3.92. The van der Waals surface area contributed by atoms with Crippen molar-refractivity contribution in [3.8, 4) is 5.75 Å². The van der Waals surface area contributed by atoms with Crippen LogP contribution < -0.4 is 4.74 Å². The van der Waals surface area contributed by atoms with Gasteiger partial charge >= 0.3 is 0 Å². The highest BCUT2D eigenvalue weighted by molar-refractivity contribution is 9.09. The summed E-state index contributed by atoms with van der Waals surface area (Å²) >= 11 is 3.41. The largest absolute Gasteiger partial charge is 0.496 e. The summed E-state index contributed by atoms with van der Waals surface area (Å²) in [4.78, 5) is 10.2. The van der Waals surface area contributed by atoms with Crippen molar-refractivity contribution in [1.29, 1.82) is 0 Å². The van der Waals surface area contributed by atoms with E-state index in [0.717, 1.165) is 0 Å². The molecule has 0 heterocycles. The van der Waals surface area contributed by atoms with Gasteiger partial charge in [0, 0.05) is 17.2 Å². The molecule has 0 saturated carbocycles. The Morgan fingerprint density at radius 1 is 1.29 bits per heavy atom. The molecule has 21 heavy (non-hydrogen) atoms. The van der Waals surface area contributed by atoms with E-state index in [2.05, 4.69) is 15.9 Å². The van der Waals surface area contributed by atoms with Crippen LogP contribution in [0, 0.1) is 15.9 Å². The van der Waals surface area contributed by atoms with E-state index in [1.807, 2.05) is 0 Å². The van der Waals surface area contributed by atoms with Gasteiger partial charge in [-0.25, -0.2) is 4.39 Å². The zero-order valence-corrected chi connectivity index (χ0v) is 12.8. The average molecular weight is 354 g/mol. The predicted molar refractivity (Wildman–Crippen MR) is 81.4 cm³/mol. The Morgan fingerprint density at radius 3 is 2.67 bits per heavy atom. The van der Waals surface area contributed by atoms with Gasteiger partial charge in [-0.15, -0.1) is 0 Å². The maximum Gasteiger partial charge on any atom is 0.272 e. The van der Waals surface area contributed by atoms with Gasteiger partial charge in [-0.2, -0.15) is 0 Å². The molecule has 0 saturated heterocycles. The van der Waals surface area contributed by atoms with Crippen molar-refractivity contribution in [3.63, 3.8) is 0 Å². The first-order valence-electron chi connectivity index (χ1n) is 6.23. The van der Waals surface area contributed by atoms with E-state index in [1.165, 1.54) is 19.2 Å². The van der Waals surface area contributed by atoms with Gasteiger partial charge in [-0.05, 0) is 18.6 Å². The third kappa shape index (κ3) is 3.39. The molecule has 6 heteroatoms. The van der Waals surface area contributed by atoms with Crippen LogP contribution >= 0.6 is 15.9 Å². The molecule has 0 amide bonds. The van der Waals surface area contributed by atoms with Crippen molar-refractivity contribution < 1.29 is 14.1 Å². The van der Waals surface area contributed by atoms with Gasteiger partial charge in [0.25, 0.3) is 5.69 Å². The zero-order chi connectivity index (χ0) is 15.4. The highest BCUT2D eigenvalue weighted by Gasteiger charge is 2.22. The van der Waals surface area contributed by atoms with Gasteiger partial charge in [-0.3, -0.25) is 10.1 Å². The summed E-state index contributed by atoms with van der Waals surface area (Å²) in [5.74, 6) is 0.00488. The first kappa shape index (κ1) is 15.4. The van der Waals surface area contributed by atoms with Crippen molar-refractivity contribution in [2.45, 2.75) is 11.2 Å². The summed E-state index contributed by atoms with van der Waals surface area (Å²) in [5, 5.41) is 11.0. The summed E-state index contributed by atoms with van der Waals surface area (Å²) in [6, 6.07) is 11.0. The van der Waals surface area contributed by atoms with Crippen LogP contribution in [-0.2, 0) is 6.42 Å². The van der Waals surface area contributed by atoms with Gasteiger partial charge in [0.2, 0.25) is 0 Å². The second-order valence-corrected chi connectivity index (χ2v) is 5.52. The minimum absolute atomic E-state index is 0.0252. The molecule has 0 N–H and O–H groups in total. The van der Waals surface area contributed by atoms with Crippen LogP contribution in [0.4, 0.5) is 10.1 Å². The summed E-state index contributed by atoms with van der Waals surface area (Å²) in [6.45, 7) is 0. The standard InChI is InChI=1S/C15H13BrFNO3/c1-21-14-8-4-6-12(17)15(14)11(16)9-10-5-2-3-7-13(10)18(19)20/h2-8,11H,9H2,1H3. The van der Waals surface area contributed by atoms with Crippen LogP contribution in [0.15, 0.2) is 42.5 Å². The Balaban J connectivity index is 2.35. The van der Waals surface area contributed by atoms with Gasteiger partial charge in [0.15, 0.2) is 0 Å². The predicted octanol–water partition coefficient (Wildman–Crippen LogP) is 4.42. The van der Waals surface area contributed by atoms with E-state index in [9.17, 15) is 14.5 Å². The molecule has 2 rings (SSSR count). The lowest BCUT2D eigenvalue weighted by Gasteiger charge is -2.15. The van der Waals surface area contributed by atoms with Crippen LogP contribution in [0.3, 0.4) is 0 Å². The number of halogens is 2. The normalized spacial score (nSPS) is 12.0. The fourth-order valence-electron chi connectivity index (χ4n) is 2.16.